The molecule has 0 saturated heterocycles. The Morgan fingerprint density at radius 1 is 1.18 bits per heavy atom. The zero-order chi connectivity index (χ0) is 12.1. The number of nitrogens with zero attached hydrogens (tertiary/aromatic N) is 2. The van der Waals surface area contributed by atoms with Crippen LogP contribution in [0.1, 0.15) is 5.56 Å². The molecular formula is C12H9BrClN3. The second kappa shape index (κ2) is 5.80. The van der Waals surface area contributed by atoms with E-state index in [4.69, 9.17) is 11.6 Å². The van der Waals surface area contributed by atoms with Gasteiger partial charge >= 0.3 is 0 Å². The predicted octanol–water partition coefficient (Wildman–Crippen LogP) is 3.94. The minimum absolute atomic E-state index is 0.439. The van der Waals surface area contributed by atoms with Crippen LogP contribution in [0.25, 0.3) is 0 Å². The summed E-state index contributed by atoms with van der Waals surface area (Å²) < 4.78 is 1.04. The largest absolute Gasteiger partial charge is 0.261 e. The molecule has 1 aromatic heterocycles. The monoisotopic (exact) mass is 309 g/mol. The fraction of sp³-hybridized carbons (Fsp3) is 0. The average Bonchev–Trinajstić information content (AvgIpc) is 2.32. The van der Waals surface area contributed by atoms with E-state index >= 15 is 0 Å². The fourth-order valence-corrected chi connectivity index (χ4v) is 1.62. The van der Waals surface area contributed by atoms with Crippen molar-refractivity contribution in [3.8, 4) is 0 Å². The maximum atomic E-state index is 5.75. The zero-order valence-corrected chi connectivity index (χ0v) is 11.1. The van der Waals surface area contributed by atoms with Gasteiger partial charge in [-0.3, -0.25) is 5.43 Å². The van der Waals surface area contributed by atoms with Crippen molar-refractivity contribution in [1.29, 1.82) is 0 Å². The van der Waals surface area contributed by atoms with Crippen LogP contribution in [-0.2, 0) is 0 Å². The molecule has 0 spiro atoms. The second-order valence-electron chi connectivity index (χ2n) is 3.27. The Kier molecular flexibility index (Phi) is 4.12. The van der Waals surface area contributed by atoms with Crippen LogP contribution < -0.4 is 5.43 Å². The van der Waals surface area contributed by atoms with Crippen molar-refractivity contribution in [2.75, 3.05) is 5.43 Å². The third kappa shape index (κ3) is 3.84. The summed E-state index contributed by atoms with van der Waals surface area (Å²) in [7, 11) is 0. The molecule has 17 heavy (non-hydrogen) atoms. The van der Waals surface area contributed by atoms with Crippen LogP contribution in [0.3, 0.4) is 0 Å². The summed E-state index contributed by atoms with van der Waals surface area (Å²) in [6.07, 6.45) is 1.72. The first-order chi connectivity index (χ1) is 8.24. The summed E-state index contributed by atoms with van der Waals surface area (Å²) >= 11 is 9.12. The van der Waals surface area contributed by atoms with Crippen LogP contribution in [0.4, 0.5) is 5.82 Å². The van der Waals surface area contributed by atoms with E-state index in [2.05, 4.69) is 31.4 Å². The molecule has 86 valence electrons. The Balaban J connectivity index is 2.00. The Morgan fingerprint density at radius 3 is 2.65 bits per heavy atom. The number of hydrazone groups is 1. The average molecular weight is 311 g/mol. The van der Waals surface area contributed by atoms with Crippen molar-refractivity contribution in [2.45, 2.75) is 0 Å². The molecule has 0 bridgehead atoms. The number of halogens is 2. The molecule has 5 heteroatoms. The summed E-state index contributed by atoms with van der Waals surface area (Å²) in [4.78, 5) is 4.05. The fourth-order valence-electron chi connectivity index (χ4n) is 1.19. The zero-order valence-electron chi connectivity index (χ0n) is 8.77. The second-order valence-corrected chi connectivity index (χ2v) is 4.57. The van der Waals surface area contributed by atoms with Gasteiger partial charge in [0.25, 0.3) is 0 Å². The summed E-state index contributed by atoms with van der Waals surface area (Å²) in [6.45, 7) is 0. The first-order valence-electron chi connectivity index (χ1n) is 4.91. The Bertz CT molecular complexity index is 526. The molecule has 0 radical (unpaired) electrons. The highest BCUT2D eigenvalue weighted by molar-refractivity contribution is 9.10. The molecule has 3 nitrogen and oxygen atoms in total. The molecular weight excluding hydrogens is 302 g/mol. The highest BCUT2D eigenvalue weighted by Gasteiger charge is 1.92. The normalized spacial score (nSPS) is 10.7. The van der Waals surface area contributed by atoms with Gasteiger partial charge in [-0.2, -0.15) is 5.10 Å². The van der Waals surface area contributed by atoms with Gasteiger partial charge in [-0.15, -0.1) is 0 Å². The Morgan fingerprint density at radius 2 is 1.94 bits per heavy atom. The first kappa shape index (κ1) is 12.1. The summed E-state index contributed by atoms with van der Waals surface area (Å²) in [5.74, 6) is 0.617. The molecule has 2 rings (SSSR count). The van der Waals surface area contributed by atoms with Crippen molar-refractivity contribution < 1.29 is 0 Å². The highest BCUT2D eigenvalue weighted by Crippen LogP contribution is 2.10. The van der Waals surface area contributed by atoms with E-state index in [1.54, 1.807) is 18.3 Å². The molecule has 0 aliphatic heterocycles. The first-order valence-corrected chi connectivity index (χ1v) is 6.08. The third-order valence-electron chi connectivity index (χ3n) is 1.98. The lowest BCUT2D eigenvalue weighted by atomic mass is 10.2. The van der Waals surface area contributed by atoms with Gasteiger partial charge in [0, 0.05) is 4.47 Å². The van der Waals surface area contributed by atoms with E-state index in [1.807, 2.05) is 30.3 Å². The number of hydrogen-bond donors (Lipinski definition) is 1. The van der Waals surface area contributed by atoms with E-state index in [9.17, 15) is 0 Å². The minimum atomic E-state index is 0.439. The molecule has 0 saturated carbocycles. The summed E-state index contributed by atoms with van der Waals surface area (Å²) in [5, 5.41) is 4.51. The van der Waals surface area contributed by atoms with Crippen LogP contribution in [-0.4, -0.2) is 11.2 Å². The quantitative estimate of drug-likeness (QED) is 0.529. The van der Waals surface area contributed by atoms with Gasteiger partial charge < -0.3 is 0 Å². The van der Waals surface area contributed by atoms with E-state index in [1.165, 1.54) is 0 Å². The summed E-state index contributed by atoms with van der Waals surface area (Å²) in [6, 6.07) is 13.2. The number of aromatic nitrogens is 1. The molecule has 1 aromatic carbocycles. The smallest absolute Gasteiger partial charge is 0.147 e. The molecule has 0 aliphatic rings. The number of anilines is 1. The number of hydrogen-bond acceptors (Lipinski definition) is 3. The predicted molar refractivity (Wildman–Crippen MR) is 74.6 cm³/mol. The molecule has 2 aromatic rings. The third-order valence-corrected chi connectivity index (χ3v) is 2.72. The van der Waals surface area contributed by atoms with Crippen molar-refractivity contribution in [2.24, 2.45) is 5.10 Å². The topological polar surface area (TPSA) is 37.3 Å². The van der Waals surface area contributed by atoms with Gasteiger partial charge in [-0.25, -0.2) is 4.98 Å². The molecule has 0 amide bonds. The van der Waals surface area contributed by atoms with Crippen LogP contribution in [0, 0.1) is 0 Å². The van der Waals surface area contributed by atoms with Gasteiger partial charge in [0.15, 0.2) is 0 Å². The van der Waals surface area contributed by atoms with Crippen molar-refractivity contribution in [3.63, 3.8) is 0 Å². The molecule has 1 heterocycles. The lowest BCUT2D eigenvalue weighted by Crippen LogP contribution is -1.93. The van der Waals surface area contributed by atoms with Crippen LogP contribution in [0.15, 0.2) is 52.0 Å². The van der Waals surface area contributed by atoms with Crippen molar-refractivity contribution >= 4 is 39.6 Å². The van der Waals surface area contributed by atoms with Gasteiger partial charge in [0.2, 0.25) is 0 Å². The van der Waals surface area contributed by atoms with E-state index in [0.29, 0.717) is 11.0 Å². The Labute approximate surface area is 113 Å². The molecule has 1 N–H and O–H groups in total. The molecule has 0 aliphatic carbocycles. The van der Waals surface area contributed by atoms with Crippen LogP contribution >= 0.6 is 27.5 Å². The van der Waals surface area contributed by atoms with Gasteiger partial charge in [-0.1, -0.05) is 45.7 Å². The maximum Gasteiger partial charge on any atom is 0.147 e. The molecule has 0 unspecified atom stereocenters. The van der Waals surface area contributed by atoms with Gasteiger partial charge in [0.1, 0.15) is 11.0 Å². The maximum absolute atomic E-state index is 5.75. The molecule has 0 atom stereocenters. The van der Waals surface area contributed by atoms with E-state index < -0.39 is 0 Å². The number of rotatable bonds is 3. The highest BCUT2D eigenvalue weighted by atomic mass is 79.9. The minimum Gasteiger partial charge on any atom is -0.261 e. The van der Waals surface area contributed by atoms with E-state index in [-0.39, 0.29) is 0 Å². The van der Waals surface area contributed by atoms with Crippen molar-refractivity contribution in [3.05, 3.63) is 57.7 Å². The van der Waals surface area contributed by atoms with Crippen LogP contribution in [0.5, 0.6) is 0 Å². The molecule has 0 fully saturated rings. The number of benzene rings is 1. The van der Waals surface area contributed by atoms with Crippen molar-refractivity contribution in [1.82, 2.24) is 4.98 Å². The number of nitrogens with one attached hydrogen (secondary N) is 1. The lowest BCUT2D eigenvalue weighted by molar-refractivity contribution is 1.23. The number of pyridine rings is 1. The van der Waals surface area contributed by atoms with Gasteiger partial charge in [-0.05, 0) is 29.8 Å². The van der Waals surface area contributed by atoms with Gasteiger partial charge in [0.05, 0.1) is 6.21 Å². The van der Waals surface area contributed by atoms with E-state index in [0.717, 1.165) is 10.0 Å². The summed E-state index contributed by atoms with van der Waals surface area (Å²) in [5.41, 5.74) is 3.81. The lowest BCUT2D eigenvalue weighted by Gasteiger charge is -1.98. The Hall–Kier alpha value is -1.39. The SMILES string of the molecule is Clc1cccc(N/N=C/c2ccc(Br)cc2)n1. The standard InChI is InChI=1S/C12H9BrClN3/c13-10-6-4-9(5-7-10)8-15-17-12-3-1-2-11(14)16-12/h1-8H,(H,16,17)/b15-8+. The van der Waals surface area contributed by atoms with Crippen LogP contribution in [0.2, 0.25) is 5.15 Å².